The molecular formula is C22H36F2N5O8PS. The summed E-state index contributed by atoms with van der Waals surface area (Å²) in [5.74, 6) is -1.47. The second-order valence-corrected chi connectivity index (χ2v) is 13.1. The standard InChI is InChI=1S/C22H36F2N5O8PS/c1-11(2)35-18(31)13(5)27-38(39,28-14(6)19(32)36-12(3)4)34-10-22(20(23)24)9-15(30)17(37-22)29-8-7-16(25)26-21(29)33/h7-8,11-15,17,20,30H,9-10H2,1-6H3,(H2,25,26,33)(H2,27,28,39). The fourth-order valence-corrected chi connectivity index (χ4v) is 6.54. The highest BCUT2D eigenvalue weighted by molar-refractivity contribution is 8.10. The van der Waals surface area contributed by atoms with Gasteiger partial charge >= 0.3 is 17.6 Å². The molecule has 0 saturated carbocycles. The van der Waals surface area contributed by atoms with Crippen LogP contribution in [0.15, 0.2) is 17.1 Å². The van der Waals surface area contributed by atoms with Crippen molar-refractivity contribution in [1.29, 1.82) is 0 Å². The molecular weight excluding hydrogens is 563 g/mol. The highest BCUT2D eigenvalue weighted by Crippen LogP contribution is 2.46. The van der Waals surface area contributed by atoms with E-state index < -0.39 is 85.9 Å². The number of hydrogen-bond acceptors (Lipinski definition) is 11. The Morgan fingerprint density at radius 2 is 1.72 bits per heavy atom. The fraction of sp³-hybridized carbons (Fsp3) is 0.727. The van der Waals surface area contributed by atoms with Gasteiger partial charge in [0, 0.05) is 12.6 Å². The third-order valence-corrected chi connectivity index (χ3v) is 8.29. The minimum Gasteiger partial charge on any atom is -0.462 e. The summed E-state index contributed by atoms with van der Waals surface area (Å²) in [7, 11) is 0. The number of ether oxygens (including phenoxy) is 3. The molecule has 5 unspecified atom stereocenters. The number of rotatable bonds is 13. The van der Waals surface area contributed by atoms with E-state index in [-0.39, 0.29) is 5.82 Å². The first-order valence-corrected chi connectivity index (χ1v) is 14.9. The van der Waals surface area contributed by atoms with Crippen LogP contribution in [0.25, 0.3) is 0 Å². The summed E-state index contributed by atoms with van der Waals surface area (Å²) < 4.78 is 51.3. The van der Waals surface area contributed by atoms with Crippen LogP contribution in [-0.4, -0.2) is 75.6 Å². The van der Waals surface area contributed by atoms with Crippen molar-refractivity contribution in [3.63, 3.8) is 0 Å². The molecule has 0 amide bonds. The van der Waals surface area contributed by atoms with Crippen LogP contribution in [0.2, 0.25) is 0 Å². The normalized spacial score (nSPS) is 24.5. The average Bonchev–Trinajstić information content (AvgIpc) is 3.14. The lowest BCUT2D eigenvalue weighted by Gasteiger charge is -2.34. The zero-order valence-corrected chi connectivity index (χ0v) is 24.2. The van der Waals surface area contributed by atoms with E-state index in [1.54, 1.807) is 27.7 Å². The van der Waals surface area contributed by atoms with Gasteiger partial charge in [0.25, 0.3) is 6.43 Å². The maximum atomic E-state index is 14.4. The van der Waals surface area contributed by atoms with E-state index in [4.69, 9.17) is 36.3 Å². The van der Waals surface area contributed by atoms with Gasteiger partial charge in [0.1, 0.15) is 24.0 Å². The maximum Gasteiger partial charge on any atom is 0.351 e. The number of carbonyl (C=O) groups excluding carboxylic acids is 2. The molecule has 5 N–H and O–H groups in total. The van der Waals surface area contributed by atoms with E-state index in [0.717, 1.165) is 4.57 Å². The molecule has 0 aliphatic carbocycles. The molecule has 1 fully saturated rings. The molecule has 39 heavy (non-hydrogen) atoms. The van der Waals surface area contributed by atoms with Crippen molar-refractivity contribution in [2.45, 2.75) is 96.6 Å². The number of carbonyl (C=O) groups is 2. The third kappa shape index (κ3) is 8.96. The van der Waals surface area contributed by atoms with Crippen LogP contribution in [0.1, 0.15) is 54.2 Å². The molecule has 1 saturated heterocycles. The van der Waals surface area contributed by atoms with Crippen molar-refractivity contribution in [1.82, 2.24) is 19.7 Å². The Labute approximate surface area is 229 Å². The number of nitrogens with zero attached hydrogens (tertiary/aromatic N) is 2. The molecule has 222 valence electrons. The third-order valence-electron chi connectivity index (χ3n) is 5.39. The highest BCUT2D eigenvalue weighted by atomic mass is 32.4. The average molecular weight is 600 g/mol. The zero-order valence-electron chi connectivity index (χ0n) is 22.5. The molecule has 5 atom stereocenters. The number of aliphatic hydroxyl groups excluding tert-OH is 1. The van der Waals surface area contributed by atoms with Gasteiger partial charge in [0.2, 0.25) is 0 Å². The SMILES string of the molecule is CC(C)OC(=O)C(C)NP(=S)(NC(C)C(=O)OC(C)C)OCC1(C(F)F)CC(O)C(n2ccc(N)nc2=O)O1. The van der Waals surface area contributed by atoms with Crippen LogP contribution in [-0.2, 0) is 40.1 Å². The number of alkyl halides is 2. The van der Waals surface area contributed by atoms with E-state index in [1.807, 2.05) is 0 Å². The van der Waals surface area contributed by atoms with Gasteiger partial charge < -0.3 is 29.6 Å². The number of hydrogen-bond donors (Lipinski definition) is 4. The fourth-order valence-electron chi connectivity index (χ4n) is 3.58. The van der Waals surface area contributed by atoms with Crippen LogP contribution in [0.3, 0.4) is 0 Å². The predicted octanol–water partition coefficient (Wildman–Crippen LogP) is 1.21. The smallest absolute Gasteiger partial charge is 0.351 e. The van der Waals surface area contributed by atoms with Crippen molar-refractivity contribution >= 4 is 36.1 Å². The summed E-state index contributed by atoms with van der Waals surface area (Å²) in [4.78, 5) is 40.6. The first-order chi connectivity index (χ1) is 18.0. The van der Waals surface area contributed by atoms with Crippen LogP contribution in [0, 0.1) is 0 Å². The summed E-state index contributed by atoms with van der Waals surface area (Å²) in [5, 5.41) is 16.1. The van der Waals surface area contributed by atoms with Gasteiger partial charge in [-0.05, 0) is 59.4 Å². The minimum atomic E-state index is -3.65. The molecule has 1 aliphatic heterocycles. The summed E-state index contributed by atoms with van der Waals surface area (Å²) in [6.07, 6.45) is -6.58. The predicted molar refractivity (Wildman–Crippen MR) is 140 cm³/mol. The first kappa shape index (κ1) is 33.1. The van der Waals surface area contributed by atoms with Gasteiger partial charge in [-0.25, -0.2) is 23.7 Å². The number of halogens is 2. The first-order valence-electron chi connectivity index (χ1n) is 12.2. The quantitative estimate of drug-likeness (QED) is 0.188. The van der Waals surface area contributed by atoms with Crippen LogP contribution in [0.5, 0.6) is 0 Å². The molecule has 1 aromatic rings. The number of aromatic nitrogens is 2. The van der Waals surface area contributed by atoms with Crippen molar-refractivity contribution in [2.24, 2.45) is 0 Å². The molecule has 0 aromatic carbocycles. The number of anilines is 1. The van der Waals surface area contributed by atoms with Crippen LogP contribution in [0.4, 0.5) is 14.6 Å². The Kier molecular flexibility index (Phi) is 11.5. The second kappa shape index (κ2) is 13.5. The Morgan fingerprint density at radius 1 is 1.21 bits per heavy atom. The molecule has 1 aromatic heterocycles. The Morgan fingerprint density at radius 3 is 2.15 bits per heavy atom. The van der Waals surface area contributed by atoms with E-state index in [9.17, 15) is 28.3 Å². The van der Waals surface area contributed by atoms with Gasteiger partial charge in [-0.2, -0.15) is 4.98 Å². The summed E-state index contributed by atoms with van der Waals surface area (Å²) in [6.45, 7) is 4.93. The van der Waals surface area contributed by atoms with Gasteiger partial charge in [0.05, 0.1) is 18.8 Å². The number of nitrogens with one attached hydrogen (secondary N) is 2. The number of esters is 2. The molecule has 0 spiro atoms. The highest BCUT2D eigenvalue weighted by Gasteiger charge is 2.54. The molecule has 2 heterocycles. The van der Waals surface area contributed by atoms with Crippen molar-refractivity contribution < 1.29 is 42.2 Å². The molecule has 2 rings (SSSR count). The van der Waals surface area contributed by atoms with Gasteiger partial charge in [-0.1, -0.05) is 0 Å². The van der Waals surface area contributed by atoms with E-state index in [2.05, 4.69) is 15.2 Å². The molecule has 0 radical (unpaired) electrons. The molecule has 17 heteroatoms. The number of nitrogens with two attached hydrogens (primary N) is 1. The Bertz CT molecular complexity index is 1090. The summed E-state index contributed by atoms with van der Waals surface area (Å²) >= 11 is 5.59. The van der Waals surface area contributed by atoms with Gasteiger partial charge in [-0.15, -0.1) is 0 Å². The Hall–Kier alpha value is -2.07. The van der Waals surface area contributed by atoms with Gasteiger partial charge in [-0.3, -0.25) is 14.2 Å². The van der Waals surface area contributed by atoms with Crippen molar-refractivity contribution in [3.8, 4) is 0 Å². The summed E-state index contributed by atoms with van der Waals surface area (Å²) in [6, 6.07) is -0.855. The van der Waals surface area contributed by atoms with E-state index in [1.165, 1.54) is 26.1 Å². The Balaban J connectivity index is 2.32. The van der Waals surface area contributed by atoms with Crippen LogP contribution >= 0.6 is 6.57 Å². The lowest BCUT2D eigenvalue weighted by Crippen LogP contribution is -2.46. The van der Waals surface area contributed by atoms with Crippen molar-refractivity contribution in [2.75, 3.05) is 12.3 Å². The topological polar surface area (TPSA) is 176 Å². The lowest BCUT2D eigenvalue weighted by atomic mass is 10.0. The maximum absolute atomic E-state index is 14.4. The molecule has 13 nitrogen and oxygen atoms in total. The number of nitrogen functional groups attached to an aromatic ring is 1. The zero-order chi connectivity index (χ0) is 29.7. The van der Waals surface area contributed by atoms with Crippen molar-refractivity contribution in [3.05, 3.63) is 22.7 Å². The van der Waals surface area contributed by atoms with E-state index in [0.29, 0.717) is 0 Å². The minimum absolute atomic E-state index is 0.0970. The molecule has 0 bridgehead atoms. The van der Waals surface area contributed by atoms with E-state index >= 15 is 0 Å². The number of aliphatic hydroxyl groups is 1. The lowest BCUT2D eigenvalue weighted by molar-refractivity contribution is -0.169. The molecule has 1 aliphatic rings. The van der Waals surface area contributed by atoms with Gasteiger partial charge in [0.15, 0.2) is 18.4 Å². The monoisotopic (exact) mass is 599 g/mol. The second-order valence-electron chi connectivity index (χ2n) is 9.69. The largest absolute Gasteiger partial charge is 0.462 e. The van der Waals surface area contributed by atoms with Crippen LogP contribution < -0.4 is 21.6 Å². The summed E-state index contributed by atoms with van der Waals surface area (Å²) in [5.41, 5.74) is 2.17.